The highest BCUT2D eigenvalue weighted by Gasteiger charge is 2.19. The smallest absolute Gasteiger partial charge is 0.180 e. The molecule has 0 saturated carbocycles. The molecule has 0 aromatic heterocycles. The maximum Gasteiger partial charge on any atom is 0.180 e. The first-order valence-corrected chi connectivity index (χ1v) is 8.79. The molecule has 0 radical (unpaired) electrons. The molecular weight excluding hydrogens is 303 g/mol. The van der Waals surface area contributed by atoms with E-state index >= 15 is 0 Å². The lowest BCUT2D eigenvalue weighted by Crippen LogP contribution is -2.15. The van der Waals surface area contributed by atoms with Crippen LogP contribution >= 0.6 is 23.2 Å². The quantitative estimate of drug-likeness (QED) is 0.839. The van der Waals surface area contributed by atoms with Crippen molar-refractivity contribution in [3.05, 3.63) is 28.2 Å². The van der Waals surface area contributed by atoms with E-state index in [1.54, 1.807) is 6.92 Å². The molecule has 0 aliphatic heterocycles. The Labute approximate surface area is 113 Å². The van der Waals surface area contributed by atoms with E-state index in [9.17, 15) is 12.6 Å². The van der Waals surface area contributed by atoms with Gasteiger partial charge in [0.1, 0.15) is 0 Å². The molecule has 0 N–H and O–H groups in total. The molecule has 0 heterocycles. The van der Waals surface area contributed by atoms with Gasteiger partial charge in [-0.25, -0.2) is 8.42 Å². The SMILES string of the molecule is CC[S@@](=O)CCS(=O)(=O)c1cc(Cl)ccc1Cl. The third-order valence-electron chi connectivity index (χ3n) is 2.13. The Bertz CT molecular complexity index is 526. The Morgan fingerprint density at radius 2 is 1.94 bits per heavy atom. The molecular formula is C10H12Cl2O3S2. The normalized spacial score (nSPS) is 13.6. The molecule has 0 amide bonds. The summed E-state index contributed by atoms with van der Waals surface area (Å²) in [6, 6.07) is 4.27. The monoisotopic (exact) mass is 314 g/mol. The zero-order chi connectivity index (χ0) is 13.1. The molecule has 0 aliphatic rings. The molecule has 0 aliphatic carbocycles. The van der Waals surface area contributed by atoms with Crippen LogP contribution in [0.4, 0.5) is 0 Å². The van der Waals surface area contributed by atoms with Crippen LogP contribution in [0.5, 0.6) is 0 Å². The molecule has 7 heteroatoms. The molecule has 17 heavy (non-hydrogen) atoms. The summed E-state index contributed by atoms with van der Waals surface area (Å²) in [5, 5.41) is 0.446. The average molecular weight is 315 g/mol. The highest BCUT2D eigenvalue weighted by molar-refractivity contribution is 7.93. The van der Waals surface area contributed by atoms with Gasteiger partial charge < -0.3 is 0 Å². The molecule has 0 saturated heterocycles. The van der Waals surface area contributed by atoms with Gasteiger partial charge in [0.25, 0.3) is 0 Å². The zero-order valence-corrected chi connectivity index (χ0v) is 12.3. The molecule has 1 aromatic carbocycles. The fourth-order valence-corrected chi connectivity index (χ4v) is 4.68. The molecule has 0 spiro atoms. The van der Waals surface area contributed by atoms with Crippen molar-refractivity contribution < 1.29 is 12.6 Å². The summed E-state index contributed by atoms with van der Waals surface area (Å²) in [7, 11) is -4.64. The van der Waals surface area contributed by atoms with E-state index in [-0.39, 0.29) is 21.4 Å². The first kappa shape index (κ1) is 15.0. The van der Waals surface area contributed by atoms with E-state index in [4.69, 9.17) is 23.2 Å². The number of hydrogen-bond donors (Lipinski definition) is 0. The molecule has 0 bridgehead atoms. The van der Waals surface area contributed by atoms with Crippen LogP contribution in [0.2, 0.25) is 10.0 Å². The van der Waals surface area contributed by atoms with Crippen LogP contribution in [0, 0.1) is 0 Å². The topological polar surface area (TPSA) is 51.2 Å². The second-order valence-electron chi connectivity index (χ2n) is 3.33. The van der Waals surface area contributed by atoms with Gasteiger partial charge >= 0.3 is 0 Å². The fourth-order valence-electron chi connectivity index (χ4n) is 1.17. The number of halogens is 2. The second kappa shape index (κ2) is 6.18. The fraction of sp³-hybridized carbons (Fsp3) is 0.400. The van der Waals surface area contributed by atoms with Gasteiger partial charge in [0.15, 0.2) is 9.84 Å². The van der Waals surface area contributed by atoms with Gasteiger partial charge in [0.05, 0.1) is 15.7 Å². The predicted molar refractivity (Wildman–Crippen MR) is 72.1 cm³/mol. The number of rotatable bonds is 5. The molecule has 1 atom stereocenters. The van der Waals surface area contributed by atoms with Crippen molar-refractivity contribution in [3.63, 3.8) is 0 Å². The molecule has 1 rings (SSSR count). The van der Waals surface area contributed by atoms with Gasteiger partial charge in [0, 0.05) is 27.3 Å². The molecule has 3 nitrogen and oxygen atoms in total. The van der Waals surface area contributed by atoms with Gasteiger partial charge in [-0.1, -0.05) is 30.1 Å². The minimum absolute atomic E-state index is 0.000213. The van der Waals surface area contributed by atoms with E-state index in [2.05, 4.69) is 0 Å². The maximum atomic E-state index is 11.9. The Balaban J connectivity index is 2.97. The Kier molecular flexibility index (Phi) is 5.44. The number of benzene rings is 1. The van der Waals surface area contributed by atoms with Crippen molar-refractivity contribution in [2.75, 3.05) is 17.3 Å². The van der Waals surface area contributed by atoms with Crippen molar-refractivity contribution in [2.45, 2.75) is 11.8 Å². The lowest BCUT2D eigenvalue weighted by Gasteiger charge is -2.06. The summed E-state index contributed by atoms with van der Waals surface area (Å²) < 4.78 is 35.1. The maximum absolute atomic E-state index is 11.9. The average Bonchev–Trinajstić information content (AvgIpc) is 2.29. The first-order chi connectivity index (χ1) is 7.86. The first-order valence-electron chi connectivity index (χ1n) is 4.89. The summed E-state index contributed by atoms with van der Waals surface area (Å²) >= 11 is 11.5. The number of hydrogen-bond acceptors (Lipinski definition) is 3. The van der Waals surface area contributed by atoms with E-state index in [1.165, 1.54) is 18.2 Å². The highest BCUT2D eigenvalue weighted by Crippen LogP contribution is 2.25. The highest BCUT2D eigenvalue weighted by atomic mass is 35.5. The van der Waals surface area contributed by atoms with Crippen LogP contribution in [-0.2, 0) is 20.6 Å². The summed E-state index contributed by atoms with van der Waals surface area (Å²) in [5.74, 6) is 0.369. The van der Waals surface area contributed by atoms with Crippen molar-refractivity contribution >= 4 is 43.8 Å². The van der Waals surface area contributed by atoms with Crippen LogP contribution in [0.25, 0.3) is 0 Å². The predicted octanol–water partition coefficient (Wildman–Crippen LogP) is 2.54. The van der Waals surface area contributed by atoms with Crippen molar-refractivity contribution in [2.24, 2.45) is 0 Å². The van der Waals surface area contributed by atoms with Gasteiger partial charge in [-0.3, -0.25) is 4.21 Å². The van der Waals surface area contributed by atoms with Gasteiger partial charge in [-0.05, 0) is 18.2 Å². The van der Waals surface area contributed by atoms with Crippen molar-refractivity contribution in [1.82, 2.24) is 0 Å². The third kappa shape index (κ3) is 4.25. The van der Waals surface area contributed by atoms with Crippen LogP contribution in [0.3, 0.4) is 0 Å². The van der Waals surface area contributed by atoms with Crippen LogP contribution in [0.1, 0.15) is 6.92 Å². The van der Waals surface area contributed by atoms with E-state index < -0.39 is 20.6 Å². The molecule has 96 valence electrons. The van der Waals surface area contributed by atoms with Crippen LogP contribution in [0.15, 0.2) is 23.1 Å². The summed E-state index contributed by atoms with van der Waals surface area (Å²) in [6.45, 7) is 1.75. The lowest BCUT2D eigenvalue weighted by molar-refractivity contribution is 0.597. The Morgan fingerprint density at radius 3 is 2.53 bits per heavy atom. The lowest BCUT2D eigenvalue weighted by atomic mass is 10.4. The standard InChI is InChI=1S/C10H12Cl2O3S2/c1-2-16(13)5-6-17(14,15)10-7-8(11)3-4-9(10)12/h3-4,7H,2,5-6H2,1H3/t16-/m1/s1. The van der Waals surface area contributed by atoms with E-state index in [1.807, 2.05) is 0 Å². The largest absolute Gasteiger partial charge is 0.260 e. The third-order valence-corrected chi connectivity index (χ3v) is 6.12. The minimum Gasteiger partial charge on any atom is -0.260 e. The van der Waals surface area contributed by atoms with Crippen molar-refractivity contribution in [1.29, 1.82) is 0 Å². The van der Waals surface area contributed by atoms with Crippen LogP contribution in [-0.4, -0.2) is 29.9 Å². The summed E-state index contributed by atoms with van der Waals surface area (Å²) in [4.78, 5) is -0.000213. The molecule has 0 unspecified atom stereocenters. The van der Waals surface area contributed by atoms with Gasteiger partial charge in [-0.2, -0.15) is 0 Å². The minimum atomic E-state index is -3.53. The summed E-state index contributed by atoms with van der Waals surface area (Å²) in [6.07, 6.45) is 0. The Hall–Kier alpha value is -0.100. The summed E-state index contributed by atoms with van der Waals surface area (Å²) in [5.41, 5.74) is 0. The zero-order valence-electron chi connectivity index (χ0n) is 9.15. The van der Waals surface area contributed by atoms with Gasteiger partial charge in [-0.15, -0.1) is 0 Å². The second-order valence-corrected chi connectivity index (χ2v) is 8.11. The van der Waals surface area contributed by atoms with Gasteiger partial charge in [0.2, 0.25) is 0 Å². The van der Waals surface area contributed by atoms with Crippen LogP contribution < -0.4 is 0 Å². The number of sulfone groups is 1. The Morgan fingerprint density at radius 1 is 1.29 bits per heavy atom. The van der Waals surface area contributed by atoms with E-state index in [0.717, 1.165) is 0 Å². The molecule has 1 aromatic rings. The molecule has 0 fully saturated rings. The van der Waals surface area contributed by atoms with E-state index in [0.29, 0.717) is 10.8 Å². The van der Waals surface area contributed by atoms with Crippen molar-refractivity contribution in [3.8, 4) is 0 Å².